The largest absolute Gasteiger partial charge is 0.494 e. The summed E-state index contributed by atoms with van der Waals surface area (Å²) >= 11 is 0. The van der Waals surface area contributed by atoms with Crippen molar-refractivity contribution in [3.63, 3.8) is 0 Å². The molecule has 160 valence electrons. The lowest BCUT2D eigenvalue weighted by Gasteiger charge is -2.29. The van der Waals surface area contributed by atoms with Gasteiger partial charge in [0.15, 0.2) is 11.6 Å². The highest BCUT2D eigenvalue weighted by atomic mass is 19.2. The van der Waals surface area contributed by atoms with Crippen LogP contribution in [0.5, 0.6) is 11.5 Å². The van der Waals surface area contributed by atoms with E-state index in [-0.39, 0.29) is 11.3 Å². The first-order chi connectivity index (χ1) is 14.6. The van der Waals surface area contributed by atoms with Gasteiger partial charge in [-0.25, -0.2) is 4.39 Å². The van der Waals surface area contributed by atoms with Crippen LogP contribution >= 0.6 is 0 Å². The molecule has 0 aliphatic heterocycles. The van der Waals surface area contributed by atoms with Crippen molar-refractivity contribution in [2.24, 2.45) is 5.92 Å². The molecule has 0 radical (unpaired) electrons. The van der Waals surface area contributed by atoms with Gasteiger partial charge < -0.3 is 9.47 Å². The number of benzene rings is 2. The number of nitrogens with zero attached hydrogens (tertiary/aromatic N) is 1. The number of halogens is 2. The zero-order valence-electron chi connectivity index (χ0n) is 17.5. The van der Waals surface area contributed by atoms with Crippen LogP contribution in [-0.2, 0) is 0 Å². The summed E-state index contributed by atoms with van der Waals surface area (Å²) < 4.78 is 39.0. The van der Waals surface area contributed by atoms with Gasteiger partial charge in [-0.1, -0.05) is 31.9 Å². The smallest absolute Gasteiger partial charge is 0.201 e. The monoisotopic (exact) mass is 413 g/mol. The molecule has 0 heterocycles. The third kappa shape index (κ3) is 5.72. The van der Waals surface area contributed by atoms with Crippen LogP contribution in [0.15, 0.2) is 36.4 Å². The van der Waals surface area contributed by atoms with E-state index in [2.05, 4.69) is 31.2 Å². The molecule has 1 saturated carbocycles. The van der Waals surface area contributed by atoms with Crippen LogP contribution in [0, 0.1) is 28.9 Å². The molecule has 0 spiro atoms. The van der Waals surface area contributed by atoms with E-state index < -0.39 is 11.6 Å². The zero-order valence-corrected chi connectivity index (χ0v) is 17.5. The molecule has 1 aliphatic carbocycles. The topological polar surface area (TPSA) is 42.2 Å². The SMILES string of the molecule is CCCCCOc1ccc(C2CCC(COc3ccc(C#N)c(F)c3F)CC2)cc1. The predicted octanol–water partition coefficient (Wildman–Crippen LogP) is 6.76. The molecule has 0 unspecified atom stereocenters. The molecule has 3 nitrogen and oxygen atoms in total. The fraction of sp³-hybridized carbons (Fsp3) is 0.480. The Balaban J connectivity index is 1.45. The van der Waals surface area contributed by atoms with Crippen molar-refractivity contribution in [1.82, 2.24) is 0 Å². The van der Waals surface area contributed by atoms with Gasteiger partial charge in [-0.05, 0) is 73.8 Å². The van der Waals surface area contributed by atoms with Crippen molar-refractivity contribution < 1.29 is 18.3 Å². The Labute approximate surface area is 177 Å². The summed E-state index contributed by atoms with van der Waals surface area (Å²) in [6, 6.07) is 12.6. The molecule has 30 heavy (non-hydrogen) atoms. The average Bonchev–Trinajstić information content (AvgIpc) is 2.79. The number of rotatable bonds is 9. The van der Waals surface area contributed by atoms with Crippen LogP contribution in [-0.4, -0.2) is 13.2 Å². The Morgan fingerprint density at radius 3 is 2.33 bits per heavy atom. The van der Waals surface area contributed by atoms with Gasteiger partial charge in [0.25, 0.3) is 0 Å². The van der Waals surface area contributed by atoms with E-state index in [1.165, 1.54) is 30.5 Å². The third-order valence-corrected chi connectivity index (χ3v) is 5.86. The fourth-order valence-electron chi connectivity index (χ4n) is 3.98. The summed E-state index contributed by atoms with van der Waals surface area (Å²) in [6.07, 6.45) is 7.54. The summed E-state index contributed by atoms with van der Waals surface area (Å²) in [5.74, 6) is -0.590. The van der Waals surface area contributed by atoms with E-state index in [9.17, 15) is 8.78 Å². The second kappa shape index (κ2) is 11.0. The van der Waals surface area contributed by atoms with Crippen molar-refractivity contribution in [1.29, 1.82) is 5.26 Å². The number of unbranched alkanes of at least 4 members (excludes halogenated alkanes) is 2. The molecule has 0 aromatic heterocycles. The standard InChI is InChI=1S/C25H29F2NO2/c1-2-3-4-15-29-22-12-9-20(10-13-22)19-7-5-18(6-8-19)17-30-23-14-11-21(16-28)24(26)25(23)27/h9-14,18-19H,2-8,15,17H2,1H3. The molecule has 2 aromatic carbocycles. The summed E-state index contributed by atoms with van der Waals surface area (Å²) in [7, 11) is 0. The fourth-order valence-corrected chi connectivity index (χ4v) is 3.98. The van der Waals surface area contributed by atoms with Crippen molar-refractivity contribution in [2.75, 3.05) is 13.2 Å². The first kappa shape index (κ1) is 22.1. The van der Waals surface area contributed by atoms with Crippen LogP contribution in [0.2, 0.25) is 0 Å². The van der Waals surface area contributed by atoms with Gasteiger partial charge in [0.2, 0.25) is 5.82 Å². The lowest BCUT2D eigenvalue weighted by atomic mass is 9.79. The molecule has 0 saturated heterocycles. The highest BCUT2D eigenvalue weighted by Gasteiger charge is 2.24. The maximum atomic E-state index is 14.0. The Morgan fingerprint density at radius 1 is 0.933 bits per heavy atom. The van der Waals surface area contributed by atoms with Crippen molar-refractivity contribution >= 4 is 0 Å². The molecule has 0 bridgehead atoms. The number of hydrogen-bond donors (Lipinski definition) is 0. The highest BCUT2D eigenvalue weighted by molar-refractivity contribution is 5.37. The predicted molar refractivity (Wildman–Crippen MR) is 113 cm³/mol. The molecule has 0 atom stereocenters. The van der Waals surface area contributed by atoms with Gasteiger partial charge in [-0.3, -0.25) is 0 Å². The summed E-state index contributed by atoms with van der Waals surface area (Å²) in [6.45, 7) is 3.31. The van der Waals surface area contributed by atoms with Crippen molar-refractivity contribution in [2.45, 2.75) is 57.8 Å². The van der Waals surface area contributed by atoms with Crippen LogP contribution in [0.25, 0.3) is 0 Å². The summed E-state index contributed by atoms with van der Waals surface area (Å²) in [4.78, 5) is 0. The normalized spacial score (nSPS) is 18.6. The van der Waals surface area contributed by atoms with E-state index in [1.54, 1.807) is 6.07 Å². The minimum Gasteiger partial charge on any atom is -0.494 e. The Bertz CT molecular complexity index is 853. The number of hydrogen-bond acceptors (Lipinski definition) is 3. The van der Waals surface area contributed by atoms with E-state index in [4.69, 9.17) is 14.7 Å². The van der Waals surface area contributed by atoms with Gasteiger partial charge in [-0.2, -0.15) is 9.65 Å². The maximum Gasteiger partial charge on any atom is 0.201 e. The Morgan fingerprint density at radius 2 is 1.67 bits per heavy atom. The molecular weight excluding hydrogens is 384 g/mol. The molecule has 1 fully saturated rings. The van der Waals surface area contributed by atoms with Crippen molar-refractivity contribution in [3.05, 3.63) is 59.2 Å². The lowest BCUT2D eigenvalue weighted by molar-refractivity contribution is 0.192. The lowest BCUT2D eigenvalue weighted by Crippen LogP contribution is -2.19. The van der Waals surface area contributed by atoms with E-state index in [1.807, 2.05) is 0 Å². The molecular formula is C25H29F2NO2. The number of ether oxygens (including phenoxy) is 2. The van der Waals surface area contributed by atoms with Crippen LogP contribution in [0.1, 0.15) is 68.9 Å². The maximum absolute atomic E-state index is 14.0. The second-order valence-electron chi connectivity index (χ2n) is 8.00. The van der Waals surface area contributed by atoms with Crippen LogP contribution in [0.3, 0.4) is 0 Å². The zero-order chi connectivity index (χ0) is 21.3. The first-order valence-electron chi connectivity index (χ1n) is 10.9. The van der Waals surface area contributed by atoms with Crippen LogP contribution in [0.4, 0.5) is 8.78 Å². The van der Waals surface area contributed by atoms with E-state index in [0.717, 1.165) is 44.5 Å². The third-order valence-electron chi connectivity index (χ3n) is 5.86. The Kier molecular flexibility index (Phi) is 8.07. The molecule has 2 aromatic rings. The van der Waals surface area contributed by atoms with E-state index in [0.29, 0.717) is 18.4 Å². The molecule has 3 rings (SSSR count). The molecule has 1 aliphatic rings. The molecule has 5 heteroatoms. The minimum atomic E-state index is -1.14. The van der Waals surface area contributed by atoms with Gasteiger partial charge in [-0.15, -0.1) is 0 Å². The van der Waals surface area contributed by atoms with E-state index >= 15 is 0 Å². The van der Waals surface area contributed by atoms with Gasteiger partial charge in [0, 0.05) is 0 Å². The van der Waals surface area contributed by atoms with Gasteiger partial charge >= 0.3 is 0 Å². The van der Waals surface area contributed by atoms with Gasteiger partial charge in [0.05, 0.1) is 18.8 Å². The number of nitriles is 1. The minimum absolute atomic E-state index is 0.122. The summed E-state index contributed by atoms with van der Waals surface area (Å²) in [5, 5.41) is 8.75. The average molecular weight is 414 g/mol. The van der Waals surface area contributed by atoms with Gasteiger partial charge in [0.1, 0.15) is 11.8 Å². The molecule has 0 amide bonds. The first-order valence-corrected chi connectivity index (χ1v) is 10.9. The highest BCUT2D eigenvalue weighted by Crippen LogP contribution is 2.36. The quantitative estimate of drug-likeness (QED) is 0.427. The summed E-state index contributed by atoms with van der Waals surface area (Å²) in [5.41, 5.74) is 1.02. The second-order valence-corrected chi connectivity index (χ2v) is 8.00. The Hall–Kier alpha value is -2.61. The molecule has 0 N–H and O–H groups in total. The van der Waals surface area contributed by atoms with Crippen molar-refractivity contribution in [3.8, 4) is 17.6 Å². The van der Waals surface area contributed by atoms with Crippen LogP contribution < -0.4 is 9.47 Å².